The molecule has 0 atom stereocenters. The number of aromatic nitrogens is 2. The molecule has 1 aromatic heterocycles. The number of piperidine rings is 1. The smallest absolute Gasteiger partial charge is 0.225 e. The van der Waals surface area contributed by atoms with Crippen molar-refractivity contribution >= 4 is 23.5 Å². The zero-order valence-corrected chi connectivity index (χ0v) is 15.2. The summed E-state index contributed by atoms with van der Waals surface area (Å²) in [5.74, 6) is 0.992. The molecule has 1 aliphatic rings. The highest BCUT2D eigenvalue weighted by atomic mass is 35.5. The lowest BCUT2D eigenvalue weighted by atomic mass is 9.96. The maximum absolute atomic E-state index is 12.4. The first-order chi connectivity index (χ1) is 12.1. The topological polar surface area (TPSA) is 58.1 Å². The fourth-order valence-electron chi connectivity index (χ4n) is 3.06. The van der Waals surface area contributed by atoms with E-state index in [1.165, 1.54) is 5.56 Å². The van der Waals surface area contributed by atoms with E-state index in [1.54, 1.807) is 6.20 Å². The number of carbonyl (C=O) groups excluding carboxylic acids is 1. The second-order valence-electron chi connectivity index (χ2n) is 6.43. The summed E-state index contributed by atoms with van der Waals surface area (Å²) in [5.41, 5.74) is 2.14. The molecule has 0 unspecified atom stereocenters. The lowest BCUT2D eigenvalue weighted by Gasteiger charge is -2.31. The zero-order chi connectivity index (χ0) is 17.6. The Labute approximate surface area is 153 Å². The van der Waals surface area contributed by atoms with Crippen molar-refractivity contribution in [3.8, 4) is 0 Å². The van der Waals surface area contributed by atoms with Crippen LogP contribution in [-0.4, -0.2) is 35.5 Å². The maximum atomic E-state index is 12.4. The van der Waals surface area contributed by atoms with E-state index in [0.29, 0.717) is 6.54 Å². The molecule has 1 aromatic carbocycles. The van der Waals surface area contributed by atoms with Crippen molar-refractivity contribution < 1.29 is 4.79 Å². The molecule has 1 saturated heterocycles. The van der Waals surface area contributed by atoms with Crippen LogP contribution in [0.25, 0.3) is 0 Å². The number of halogens is 1. The van der Waals surface area contributed by atoms with E-state index in [2.05, 4.69) is 20.2 Å². The van der Waals surface area contributed by atoms with E-state index < -0.39 is 0 Å². The van der Waals surface area contributed by atoms with Crippen LogP contribution in [0.1, 0.15) is 24.1 Å². The Hall–Kier alpha value is -2.14. The Morgan fingerprint density at radius 1 is 1.24 bits per heavy atom. The standard InChI is InChI=1S/C19H23ClN4O/c1-14-6-10-22-19(23-14)24-12-8-16(9-13-24)18(25)21-11-7-15-2-4-17(20)5-3-15/h2-6,10,16H,7-9,11-13H2,1H3,(H,21,25). The van der Waals surface area contributed by atoms with Gasteiger partial charge in [0.2, 0.25) is 11.9 Å². The van der Waals surface area contributed by atoms with Crippen LogP contribution in [0, 0.1) is 12.8 Å². The Bertz CT molecular complexity index is 712. The summed E-state index contributed by atoms with van der Waals surface area (Å²) in [4.78, 5) is 23.3. The van der Waals surface area contributed by atoms with E-state index in [9.17, 15) is 4.79 Å². The molecule has 1 aliphatic heterocycles. The van der Waals surface area contributed by atoms with Crippen molar-refractivity contribution in [3.05, 3.63) is 52.8 Å². The fourth-order valence-corrected chi connectivity index (χ4v) is 3.18. The number of hydrogen-bond acceptors (Lipinski definition) is 4. The molecule has 3 rings (SSSR count). The Morgan fingerprint density at radius 2 is 1.96 bits per heavy atom. The monoisotopic (exact) mass is 358 g/mol. The van der Waals surface area contributed by atoms with Crippen LogP contribution >= 0.6 is 11.6 Å². The van der Waals surface area contributed by atoms with Crippen LogP contribution in [0.2, 0.25) is 5.02 Å². The third-order valence-corrected chi connectivity index (χ3v) is 4.81. The fraction of sp³-hybridized carbons (Fsp3) is 0.421. The molecule has 132 valence electrons. The van der Waals surface area contributed by atoms with Gasteiger partial charge in [-0.3, -0.25) is 4.79 Å². The SMILES string of the molecule is Cc1ccnc(N2CCC(C(=O)NCCc3ccc(Cl)cc3)CC2)n1. The second kappa shape index (κ2) is 8.30. The van der Waals surface area contributed by atoms with Gasteiger partial charge in [-0.2, -0.15) is 0 Å². The summed E-state index contributed by atoms with van der Waals surface area (Å²) < 4.78 is 0. The normalized spacial score (nSPS) is 15.2. The summed E-state index contributed by atoms with van der Waals surface area (Å²) >= 11 is 5.88. The first kappa shape index (κ1) is 17.7. The van der Waals surface area contributed by atoms with Crippen molar-refractivity contribution in [1.82, 2.24) is 15.3 Å². The van der Waals surface area contributed by atoms with E-state index in [-0.39, 0.29) is 11.8 Å². The van der Waals surface area contributed by atoms with Gasteiger partial charge in [0.05, 0.1) is 0 Å². The first-order valence-electron chi connectivity index (χ1n) is 8.68. The number of carbonyl (C=O) groups is 1. The van der Waals surface area contributed by atoms with Crippen LogP contribution < -0.4 is 10.2 Å². The summed E-state index contributed by atoms with van der Waals surface area (Å²) in [5, 5.41) is 3.79. The molecule has 2 aromatic rings. The van der Waals surface area contributed by atoms with E-state index >= 15 is 0 Å². The van der Waals surface area contributed by atoms with Crippen LogP contribution in [0.5, 0.6) is 0 Å². The predicted molar refractivity (Wildman–Crippen MR) is 99.9 cm³/mol. The molecule has 1 fully saturated rings. The molecule has 5 nitrogen and oxygen atoms in total. The number of nitrogens with one attached hydrogen (secondary N) is 1. The van der Waals surface area contributed by atoms with Crippen molar-refractivity contribution in [1.29, 1.82) is 0 Å². The first-order valence-corrected chi connectivity index (χ1v) is 9.06. The summed E-state index contributed by atoms with van der Waals surface area (Å²) in [6.07, 6.45) is 4.28. The van der Waals surface area contributed by atoms with Crippen molar-refractivity contribution in [2.75, 3.05) is 24.5 Å². The number of hydrogen-bond donors (Lipinski definition) is 1. The summed E-state index contributed by atoms with van der Waals surface area (Å²) in [6.45, 7) is 4.26. The number of benzene rings is 1. The molecule has 0 bridgehead atoms. The van der Waals surface area contributed by atoms with Crippen molar-refractivity contribution in [2.45, 2.75) is 26.2 Å². The van der Waals surface area contributed by atoms with Gasteiger partial charge < -0.3 is 10.2 Å². The van der Waals surface area contributed by atoms with Gasteiger partial charge in [0.25, 0.3) is 0 Å². The molecule has 25 heavy (non-hydrogen) atoms. The van der Waals surface area contributed by atoms with Gasteiger partial charge in [-0.1, -0.05) is 23.7 Å². The largest absolute Gasteiger partial charge is 0.356 e. The second-order valence-corrected chi connectivity index (χ2v) is 6.86. The predicted octanol–water partition coefficient (Wildman–Crippen LogP) is 3.01. The van der Waals surface area contributed by atoms with Gasteiger partial charge >= 0.3 is 0 Å². The van der Waals surface area contributed by atoms with Gasteiger partial charge in [-0.25, -0.2) is 9.97 Å². The number of rotatable bonds is 5. The van der Waals surface area contributed by atoms with Gasteiger partial charge in [0, 0.05) is 42.5 Å². The molecule has 2 heterocycles. The van der Waals surface area contributed by atoms with E-state index in [1.807, 2.05) is 37.3 Å². The minimum absolute atomic E-state index is 0.0753. The number of aryl methyl sites for hydroxylation is 1. The highest BCUT2D eigenvalue weighted by Gasteiger charge is 2.25. The molecule has 1 N–H and O–H groups in total. The zero-order valence-electron chi connectivity index (χ0n) is 14.4. The number of nitrogens with zero attached hydrogens (tertiary/aromatic N) is 3. The van der Waals surface area contributed by atoms with Crippen LogP contribution in [0.3, 0.4) is 0 Å². The Kier molecular flexibility index (Phi) is 5.87. The number of amides is 1. The molecule has 0 aliphatic carbocycles. The summed E-state index contributed by atoms with van der Waals surface area (Å²) in [6, 6.07) is 9.64. The van der Waals surface area contributed by atoms with Gasteiger partial charge in [-0.15, -0.1) is 0 Å². The molecule has 0 saturated carbocycles. The van der Waals surface area contributed by atoms with Gasteiger partial charge in [0.15, 0.2) is 0 Å². The van der Waals surface area contributed by atoms with Crippen LogP contribution in [0.4, 0.5) is 5.95 Å². The third-order valence-electron chi connectivity index (χ3n) is 4.56. The molecule has 0 radical (unpaired) electrons. The summed E-state index contributed by atoms with van der Waals surface area (Å²) in [7, 11) is 0. The molecule has 6 heteroatoms. The highest BCUT2D eigenvalue weighted by molar-refractivity contribution is 6.30. The van der Waals surface area contributed by atoms with Gasteiger partial charge in [0.1, 0.15) is 0 Å². The average Bonchev–Trinajstić information content (AvgIpc) is 2.63. The average molecular weight is 359 g/mol. The van der Waals surface area contributed by atoms with Crippen LogP contribution in [-0.2, 0) is 11.2 Å². The Morgan fingerprint density at radius 3 is 2.64 bits per heavy atom. The molecular formula is C19H23ClN4O. The maximum Gasteiger partial charge on any atom is 0.225 e. The lowest BCUT2D eigenvalue weighted by Crippen LogP contribution is -2.41. The molecule has 0 spiro atoms. The van der Waals surface area contributed by atoms with Crippen molar-refractivity contribution in [3.63, 3.8) is 0 Å². The number of anilines is 1. The lowest BCUT2D eigenvalue weighted by molar-refractivity contribution is -0.125. The van der Waals surface area contributed by atoms with Crippen LogP contribution in [0.15, 0.2) is 36.5 Å². The Balaban J connectivity index is 1.43. The van der Waals surface area contributed by atoms with E-state index in [0.717, 1.165) is 49.0 Å². The van der Waals surface area contributed by atoms with Gasteiger partial charge in [-0.05, 0) is 49.9 Å². The quantitative estimate of drug-likeness (QED) is 0.892. The highest BCUT2D eigenvalue weighted by Crippen LogP contribution is 2.20. The third kappa shape index (κ3) is 4.92. The van der Waals surface area contributed by atoms with E-state index in [4.69, 9.17) is 11.6 Å². The van der Waals surface area contributed by atoms with Crippen molar-refractivity contribution in [2.24, 2.45) is 5.92 Å². The minimum atomic E-state index is 0.0753. The molecule has 1 amide bonds. The molecular weight excluding hydrogens is 336 g/mol. The minimum Gasteiger partial charge on any atom is -0.356 e.